The van der Waals surface area contributed by atoms with Gasteiger partial charge in [-0.25, -0.2) is 8.78 Å². The summed E-state index contributed by atoms with van der Waals surface area (Å²) in [6.45, 7) is 7.79. The normalized spacial score (nSPS) is 24.0. The fourth-order valence-corrected chi connectivity index (χ4v) is 2.78. The lowest BCUT2D eigenvalue weighted by molar-refractivity contribution is 0.0651. The molecule has 0 radical (unpaired) electrons. The summed E-state index contributed by atoms with van der Waals surface area (Å²) in [6.07, 6.45) is 0.883. The van der Waals surface area contributed by atoms with E-state index in [9.17, 15) is 8.78 Å². The van der Waals surface area contributed by atoms with Crippen LogP contribution in [-0.4, -0.2) is 24.0 Å². The molecule has 2 N–H and O–H groups in total. The maximum Gasteiger partial charge on any atom is 0.128 e. The zero-order valence-electron chi connectivity index (χ0n) is 12.2. The molecule has 0 aliphatic carbocycles. The van der Waals surface area contributed by atoms with Crippen LogP contribution in [0.3, 0.4) is 0 Å². The minimum atomic E-state index is -0.392. The van der Waals surface area contributed by atoms with Crippen molar-refractivity contribution in [2.75, 3.05) is 13.1 Å². The zero-order valence-corrected chi connectivity index (χ0v) is 13.0. The van der Waals surface area contributed by atoms with E-state index in [1.807, 2.05) is 6.92 Å². The van der Waals surface area contributed by atoms with E-state index < -0.39 is 5.82 Å². The number of hydrogen-bond acceptors (Lipinski definition) is 2. The highest BCUT2D eigenvalue weighted by molar-refractivity contribution is 5.85. The Morgan fingerprint density at radius 3 is 2.60 bits per heavy atom. The zero-order chi connectivity index (χ0) is 14.2. The van der Waals surface area contributed by atoms with Crippen LogP contribution in [0.5, 0.6) is 0 Å². The Kier molecular flexibility index (Phi) is 5.53. The van der Waals surface area contributed by atoms with Gasteiger partial charge in [0, 0.05) is 30.7 Å². The van der Waals surface area contributed by atoms with Gasteiger partial charge in [-0.2, -0.15) is 0 Å². The molecule has 1 fully saturated rings. The highest BCUT2D eigenvalue weighted by Gasteiger charge is 2.35. The average molecular weight is 305 g/mol. The molecule has 0 aromatic heterocycles. The fraction of sp³-hybridized carbons (Fsp3) is 0.600. The summed E-state index contributed by atoms with van der Waals surface area (Å²) in [5.41, 5.74) is 6.53. The monoisotopic (exact) mass is 304 g/mol. The molecule has 1 aromatic rings. The number of hydrogen-bond donors (Lipinski definition) is 1. The van der Waals surface area contributed by atoms with Gasteiger partial charge in [0.05, 0.1) is 0 Å². The van der Waals surface area contributed by atoms with Gasteiger partial charge in [0.1, 0.15) is 11.6 Å². The first kappa shape index (κ1) is 17.3. The SMILES string of the molecule is CC(c1cc(F)ccc1F)N1CCC(N)C(C)(C)C1.Cl. The number of nitrogens with zero attached hydrogens (tertiary/aromatic N) is 1. The van der Waals surface area contributed by atoms with Crippen LogP contribution >= 0.6 is 12.4 Å². The molecule has 5 heteroatoms. The van der Waals surface area contributed by atoms with E-state index in [0.29, 0.717) is 5.56 Å². The molecule has 0 spiro atoms. The summed E-state index contributed by atoms with van der Waals surface area (Å²) in [5, 5.41) is 0. The van der Waals surface area contributed by atoms with Crippen molar-refractivity contribution < 1.29 is 8.78 Å². The Labute approximate surface area is 125 Å². The van der Waals surface area contributed by atoms with Crippen molar-refractivity contribution in [1.82, 2.24) is 4.90 Å². The van der Waals surface area contributed by atoms with Gasteiger partial charge in [-0.15, -0.1) is 12.4 Å². The minimum Gasteiger partial charge on any atom is -0.327 e. The molecule has 1 saturated heterocycles. The molecule has 1 heterocycles. The third kappa shape index (κ3) is 3.48. The molecular weight excluding hydrogens is 282 g/mol. The lowest BCUT2D eigenvalue weighted by Gasteiger charge is -2.45. The first-order chi connectivity index (χ1) is 8.81. The predicted molar refractivity (Wildman–Crippen MR) is 80.0 cm³/mol. The highest BCUT2D eigenvalue weighted by atomic mass is 35.5. The van der Waals surface area contributed by atoms with E-state index in [-0.39, 0.29) is 35.7 Å². The lowest BCUT2D eigenvalue weighted by atomic mass is 9.79. The molecular formula is C15H23ClF2N2. The average Bonchev–Trinajstić information content (AvgIpc) is 2.35. The highest BCUT2D eigenvalue weighted by Crippen LogP contribution is 2.33. The largest absolute Gasteiger partial charge is 0.327 e. The molecule has 1 aliphatic rings. The smallest absolute Gasteiger partial charge is 0.128 e. The minimum absolute atomic E-state index is 0. The van der Waals surface area contributed by atoms with Crippen LogP contribution in [0.4, 0.5) is 8.78 Å². The Bertz CT molecular complexity index is 465. The van der Waals surface area contributed by atoms with Gasteiger partial charge in [-0.3, -0.25) is 4.90 Å². The topological polar surface area (TPSA) is 29.3 Å². The quantitative estimate of drug-likeness (QED) is 0.906. The van der Waals surface area contributed by atoms with Crippen LogP contribution in [-0.2, 0) is 0 Å². The maximum absolute atomic E-state index is 13.8. The van der Waals surface area contributed by atoms with Gasteiger partial charge in [0.25, 0.3) is 0 Å². The number of rotatable bonds is 2. The van der Waals surface area contributed by atoms with E-state index >= 15 is 0 Å². The van der Waals surface area contributed by atoms with Crippen molar-refractivity contribution >= 4 is 12.4 Å². The van der Waals surface area contributed by atoms with Crippen LogP contribution in [0, 0.1) is 17.0 Å². The molecule has 0 saturated carbocycles. The number of piperidine rings is 1. The molecule has 2 atom stereocenters. The first-order valence-electron chi connectivity index (χ1n) is 6.76. The van der Waals surface area contributed by atoms with Gasteiger partial charge in [-0.05, 0) is 37.0 Å². The summed E-state index contributed by atoms with van der Waals surface area (Å²) < 4.78 is 27.1. The van der Waals surface area contributed by atoms with Crippen LogP contribution in [0.15, 0.2) is 18.2 Å². The van der Waals surface area contributed by atoms with E-state index in [0.717, 1.165) is 25.6 Å². The van der Waals surface area contributed by atoms with E-state index in [1.165, 1.54) is 12.1 Å². The van der Waals surface area contributed by atoms with E-state index in [4.69, 9.17) is 5.73 Å². The van der Waals surface area contributed by atoms with Gasteiger partial charge in [-0.1, -0.05) is 13.8 Å². The molecule has 2 nitrogen and oxygen atoms in total. The molecule has 2 unspecified atom stereocenters. The van der Waals surface area contributed by atoms with Gasteiger partial charge in [0.2, 0.25) is 0 Å². The second kappa shape index (κ2) is 6.37. The van der Waals surface area contributed by atoms with Crippen molar-refractivity contribution in [2.24, 2.45) is 11.1 Å². The Morgan fingerprint density at radius 1 is 1.35 bits per heavy atom. The Balaban J connectivity index is 0.00000200. The summed E-state index contributed by atoms with van der Waals surface area (Å²) in [6, 6.07) is 3.67. The van der Waals surface area contributed by atoms with Crippen LogP contribution in [0.2, 0.25) is 0 Å². The summed E-state index contributed by atoms with van der Waals surface area (Å²) in [7, 11) is 0. The van der Waals surface area contributed by atoms with Crippen molar-refractivity contribution in [2.45, 2.75) is 39.3 Å². The first-order valence-corrected chi connectivity index (χ1v) is 6.76. The van der Waals surface area contributed by atoms with Crippen molar-refractivity contribution in [3.05, 3.63) is 35.4 Å². The molecule has 0 bridgehead atoms. The number of likely N-dealkylation sites (tertiary alicyclic amines) is 1. The van der Waals surface area contributed by atoms with Gasteiger partial charge >= 0.3 is 0 Å². The van der Waals surface area contributed by atoms with Crippen molar-refractivity contribution in [3.63, 3.8) is 0 Å². The maximum atomic E-state index is 13.8. The summed E-state index contributed by atoms with van der Waals surface area (Å²) in [5.74, 6) is -0.738. The van der Waals surface area contributed by atoms with Crippen molar-refractivity contribution in [1.29, 1.82) is 0 Å². The molecule has 0 amide bonds. The predicted octanol–water partition coefficient (Wildman–Crippen LogP) is 3.51. The van der Waals surface area contributed by atoms with Gasteiger partial charge < -0.3 is 5.73 Å². The molecule has 1 aliphatic heterocycles. The second-order valence-corrected chi connectivity index (χ2v) is 6.20. The summed E-state index contributed by atoms with van der Waals surface area (Å²) in [4.78, 5) is 2.18. The number of benzene rings is 1. The molecule has 1 aromatic carbocycles. The van der Waals surface area contributed by atoms with Crippen molar-refractivity contribution in [3.8, 4) is 0 Å². The molecule has 114 valence electrons. The third-order valence-electron chi connectivity index (χ3n) is 4.30. The van der Waals surface area contributed by atoms with Gasteiger partial charge in [0.15, 0.2) is 0 Å². The lowest BCUT2D eigenvalue weighted by Crippen LogP contribution is -2.52. The third-order valence-corrected chi connectivity index (χ3v) is 4.30. The fourth-order valence-electron chi connectivity index (χ4n) is 2.78. The van der Waals surface area contributed by atoms with E-state index in [1.54, 1.807) is 0 Å². The summed E-state index contributed by atoms with van der Waals surface area (Å²) >= 11 is 0. The number of halogens is 3. The molecule has 2 rings (SSSR count). The van der Waals surface area contributed by atoms with Crippen LogP contribution < -0.4 is 5.73 Å². The molecule has 20 heavy (non-hydrogen) atoms. The standard InChI is InChI=1S/C15H22F2N2.ClH/c1-10(12-8-11(16)4-5-13(12)17)19-7-6-14(18)15(2,3)9-19;/h4-5,8,10,14H,6-7,9,18H2,1-3H3;1H. The van der Waals surface area contributed by atoms with Crippen LogP contribution in [0.25, 0.3) is 0 Å². The number of nitrogens with two attached hydrogens (primary N) is 1. The van der Waals surface area contributed by atoms with Crippen LogP contribution in [0.1, 0.15) is 38.8 Å². The van der Waals surface area contributed by atoms with E-state index in [2.05, 4.69) is 18.7 Å². The second-order valence-electron chi connectivity index (χ2n) is 6.20. The Hall–Kier alpha value is -0.710. The Morgan fingerprint density at radius 2 is 2.00 bits per heavy atom.